The summed E-state index contributed by atoms with van der Waals surface area (Å²) in [6.45, 7) is 0.146. The Hall–Kier alpha value is -2.62. The van der Waals surface area contributed by atoms with Crippen LogP contribution in [0.4, 0.5) is 14.5 Å². The van der Waals surface area contributed by atoms with Crippen LogP contribution in [0.15, 0.2) is 24.3 Å². The summed E-state index contributed by atoms with van der Waals surface area (Å²) in [5.41, 5.74) is 0.530. The van der Waals surface area contributed by atoms with Crippen LogP contribution in [0.25, 0.3) is 0 Å². The molecule has 0 spiro atoms. The summed E-state index contributed by atoms with van der Waals surface area (Å²) < 4.78 is 37.8. The Balaban J connectivity index is 2.02. The Labute approximate surface area is 146 Å². The number of hydrogen-bond donors (Lipinski definition) is 1. The molecule has 7 nitrogen and oxygen atoms in total. The predicted octanol–water partition coefficient (Wildman–Crippen LogP) is 2.89. The normalized spacial score (nSPS) is 11.9. The highest BCUT2D eigenvalue weighted by atomic mass is 32.1. The summed E-state index contributed by atoms with van der Waals surface area (Å²) in [6, 6.07) is 5.71. The molecule has 0 bridgehead atoms. The number of amides is 1. The summed E-state index contributed by atoms with van der Waals surface area (Å²) >= 11 is 0.878. The fourth-order valence-electron chi connectivity index (χ4n) is 1.87. The van der Waals surface area contributed by atoms with Gasteiger partial charge < -0.3 is 14.8 Å². The number of ether oxygens (including phenoxy) is 2. The van der Waals surface area contributed by atoms with E-state index in [0.717, 1.165) is 11.5 Å². The van der Waals surface area contributed by atoms with Crippen molar-refractivity contribution in [1.82, 2.24) is 9.59 Å². The molecule has 1 heterocycles. The Kier molecular flexibility index (Phi) is 6.34. The molecular weight excluding hydrogens is 356 g/mol. The third kappa shape index (κ3) is 4.92. The van der Waals surface area contributed by atoms with Crippen molar-refractivity contribution in [1.29, 1.82) is 0 Å². The minimum absolute atomic E-state index is 0.0457. The van der Waals surface area contributed by atoms with Crippen LogP contribution >= 0.6 is 11.5 Å². The number of halogens is 2. The molecule has 1 atom stereocenters. The molecule has 1 amide bonds. The molecule has 0 saturated heterocycles. The summed E-state index contributed by atoms with van der Waals surface area (Å²) in [4.78, 5) is 24.4. The van der Waals surface area contributed by atoms with Crippen LogP contribution in [-0.4, -0.2) is 34.2 Å². The molecule has 134 valence electrons. The molecule has 2 aromatic rings. The van der Waals surface area contributed by atoms with Crippen molar-refractivity contribution in [3.63, 3.8) is 0 Å². The van der Waals surface area contributed by atoms with Gasteiger partial charge in [-0.15, -0.1) is 5.10 Å². The highest BCUT2D eigenvalue weighted by molar-refractivity contribution is 7.07. The summed E-state index contributed by atoms with van der Waals surface area (Å²) in [6.07, 6.45) is -0.654. The quantitative estimate of drug-likeness (QED) is 0.753. The molecule has 2 rings (SSSR count). The van der Waals surface area contributed by atoms with Gasteiger partial charge in [0.15, 0.2) is 11.0 Å². The lowest BCUT2D eigenvalue weighted by Gasteiger charge is -2.15. The highest BCUT2D eigenvalue weighted by Gasteiger charge is 2.23. The van der Waals surface area contributed by atoms with Crippen molar-refractivity contribution >= 4 is 29.1 Å². The van der Waals surface area contributed by atoms with Crippen LogP contribution in [0.1, 0.15) is 29.2 Å². The monoisotopic (exact) mass is 371 g/mol. The maximum Gasteiger partial charge on any atom is 0.387 e. The number of alkyl halides is 2. The van der Waals surface area contributed by atoms with Gasteiger partial charge in [0, 0.05) is 0 Å². The second kappa shape index (κ2) is 8.47. The van der Waals surface area contributed by atoms with E-state index in [1.807, 2.05) is 6.92 Å². The van der Waals surface area contributed by atoms with Crippen molar-refractivity contribution in [2.75, 3.05) is 5.32 Å². The molecule has 0 aliphatic rings. The smallest absolute Gasteiger partial charge is 0.387 e. The molecular formula is C15H15F2N3O4S. The van der Waals surface area contributed by atoms with E-state index in [1.54, 1.807) is 6.07 Å². The minimum atomic E-state index is -3.03. The predicted molar refractivity (Wildman–Crippen MR) is 85.9 cm³/mol. The molecule has 0 radical (unpaired) electrons. The number of para-hydroxylation sites is 2. The van der Waals surface area contributed by atoms with Gasteiger partial charge in [0.2, 0.25) is 0 Å². The first-order valence-corrected chi connectivity index (χ1v) is 8.06. The third-order valence-electron chi connectivity index (χ3n) is 3.09. The third-order valence-corrected chi connectivity index (χ3v) is 3.84. The largest absolute Gasteiger partial charge is 0.448 e. The SMILES string of the molecule is CCc1nnsc1C(=O)O[C@@H](C)C(=O)Nc1ccccc1OC(F)F. The van der Waals surface area contributed by atoms with Gasteiger partial charge in [-0.1, -0.05) is 23.5 Å². The molecule has 25 heavy (non-hydrogen) atoms. The van der Waals surface area contributed by atoms with Crippen molar-refractivity contribution in [2.45, 2.75) is 33.0 Å². The lowest BCUT2D eigenvalue weighted by atomic mass is 10.2. The first-order chi connectivity index (χ1) is 11.9. The van der Waals surface area contributed by atoms with Crippen LogP contribution in [0, 0.1) is 0 Å². The molecule has 1 aromatic carbocycles. The molecule has 0 saturated carbocycles. The second-order valence-corrected chi connectivity index (χ2v) is 5.57. The van der Waals surface area contributed by atoms with E-state index in [0.29, 0.717) is 12.1 Å². The van der Waals surface area contributed by atoms with E-state index in [4.69, 9.17) is 4.74 Å². The van der Waals surface area contributed by atoms with Crippen LogP contribution in [0.3, 0.4) is 0 Å². The zero-order valence-corrected chi connectivity index (χ0v) is 14.2. The topological polar surface area (TPSA) is 90.4 Å². The van der Waals surface area contributed by atoms with E-state index < -0.39 is 24.6 Å². The summed E-state index contributed by atoms with van der Waals surface area (Å²) in [5, 5.41) is 6.19. The fourth-order valence-corrected chi connectivity index (χ4v) is 2.50. The van der Waals surface area contributed by atoms with Crippen molar-refractivity contribution in [3.8, 4) is 5.75 Å². The number of nitrogens with one attached hydrogen (secondary N) is 1. The first kappa shape index (κ1) is 18.7. The van der Waals surface area contributed by atoms with Gasteiger partial charge in [-0.25, -0.2) is 4.79 Å². The van der Waals surface area contributed by atoms with Gasteiger partial charge in [-0.2, -0.15) is 8.78 Å². The van der Waals surface area contributed by atoms with Gasteiger partial charge in [0.05, 0.1) is 11.4 Å². The van der Waals surface area contributed by atoms with E-state index >= 15 is 0 Å². The molecule has 0 unspecified atom stereocenters. The highest BCUT2D eigenvalue weighted by Crippen LogP contribution is 2.25. The van der Waals surface area contributed by atoms with E-state index in [1.165, 1.54) is 25.1 Å². The van der Waals surface area contributed by atoms with E-state index in [9.17, 15) is 18.4 Å². The second-order valence-electron chi connectivity index (χ2n) is 4.81. The average molecular weight is 371 g/mol. The number of aryl methyl sites for hydroxylation is 1. The number of carbonyl (C=O) groups is 2. The Morgan fingerprint density at radius 2 is 2.04 bits per heavy atom. The number of rotatable bonds is 7. The number of nitrogens with zero attached hydrogens (tertiary/aromatic N) is 2. The van der Waals surface area contributed by atoms with Gasteiger partial charge in [-0.05, 0) is 37.0 Å². The van der Waals surface area contributed by atoms with Crippen LogP contribution in [0.2, 0.25) is 0 Å². The molecule has 0 aliphatic heterocycles. The van der Waals surface area contributed by atoms with E-state index in [2.05, 4.69) is 19.6 Å². The van der Waals surface area contributed by atoms with Crippen LogP contribution in [-0.2, 0) is 16.0 Å². The molecule has 0 fully saturated rings. The number of hydrogen-bond acceptors (Lipinski definition) is 7. The summed E-state index contributed by atoms with van der Waals surface area (Å²) in [5.74, 6) is -1.59. The standard InChI is InChI=1S/C15H15F2N3O4S/c1-3-9-12(25-20-19-9)14(22)23-8(2)13(21)18-10-6-4-5-7-11(10)24-15(16)17/h4-8,15H,3H2,1-2H3,(H,18,21)/t8-/m0/s1. The molecule has 1 aromatic heterocycles. The first-order valence-electron chi connectivity index (χ1n) is 7.29. The number of esters is 1. The maximum atomic E-state index is 12.4. The Bertz CT molecular complexity index is 754. The van der Waals surface area contributed by atoms with Crippen molar-refractivity contribution in [3.05, 3.63) is 34.8 Å². The zero-order chi connectivity index (χ0) is 18.4. The fraction of sp³-hybridized carbons (Fsp3) is 0.333. The Morgan fingerprint density at radius 3 is 2.72 bits per heavy atom. The lowest BCUT2D eigenvalue weighted by molar-refractivity contribution is -0.123. The average Bonchev–Trinajstić information content (AvgIpc) is 3.04. The van der Waals surface area contributed by atoms with Crippen molar-refractivity contribution < 1.29 is 27.8 Å². The van der Waals surface area contributed by atoms with Gasteiger partial charge in [0.25, 0.3) is 5.91 Å². The Morgan fingerprint density at radius 1 is 1.32 bits per heavy atom. The number of anilines is 1. The van der Waals surface area contributed by atoms with Gasteiger partial charge in [0.1, 0.15) is 5.75 Å². The molecule has 0 aliphatic carbocycles. The van der Waals surface area contributed by atoms with Gasteiger partial charge in [-0.3, -0.25) is 4.79 Å². The van der Waals surface area contributed by atoms with Crippen LogP contribution in [0.5, 0.6) is 5.75 Å². The number of benzene rings is 1. The lowest BCUT2D eigenvalue weighted by Crippen LogP contribution is -2.30. The van der Waals surface area contributed by atoms with Crippen LogP contribution < -0.4 is 10.1 Å². The minimum Gasteiger partial charge on any atom is -0.448 e. The maximum absolute atomic E-state index is 12.4. The molecule has 1 N–H and O–H groups in total. The van der Waals surface area contributed by atoms with Gasteiger partial charge >= 0.3 is 12.6 Å². The zero-order valence-electron chi connectivity index (χ0n) is 13.4. The molecule has 10 heteroatoms. The number of carbonyl (C=O) groups excluding carboxylic acids is 2. The van der Waals surface area contributed by atoms with Crippen molar-refractivity contribution in [2.24, 2.45) is 0 Å². The van der Waals surface area contributed by atoms with E-state index in [-0.39, 0.29) is 16.3 Å². The summed E-state index contributed by atoms with van der Waals surface area (Å²) in [7, 11) is 0. The number of aromatic nitrogens is 2.